The molecule has 0 aliphatic rings. The van der Waals surface area contributed by atoms with Crippen LogP contribution in [0.1, 0.15) is 53.9 Å². The number of hydrogen-bond donors (Lipinski definition) is 1. The summed E-state index contributed by atoms with van der Waals surface area (Å²) in [7, 11) is 0. The summed E-state index contributed by atoms with van der Waals surface area (Å²) >= 11 is -1.11. The van der Waals surface area contributed by atoms with Gasteiger partial charge in [0.25, 0.3) is 0 Å². The smallest absolute Gasteiger partial charge is 0.146 e. The standard InChI is InChI=1S/C13H26N2OS/c1-6-12(4)7-8-13(5,10-14)15-17(16)9-11(2)3/h11-12,15H,6-9H2,1-5H3/t12-,13+,17?/m1/s1. The molecule has 0 rings (SSSR count). The van der Waals surface area contributed by atoms with Crippen LogP contribution in [0.15, 0.2) is 0 Å². The van der Waals surface area contributed by atoms with E-state index >= 15 is 0 Å². The first-order valence-corrected chi connectivity index (χ1v) is 7.72. The molecule has 17 heavy (non-hydrogen) atoms. The van der Waals surface area contributed by atoms with Crippen molar-refractivity contribution in [2.75, 3.05) is 5.75 Å². The predicted molar refractivity (Wildman–Crippen MR) is 73.7 cm³/mol. The molecule has 1 N–H and O–H groups in total. The van der Waals surface area contributed by atoms with E-state index in [1.165, 1.54) is 0 Å². The van der Waals surface area contributed by atoms with Crippen molar-refractivity contribution in [1.82, 2.24) is 4.72 Å². The van der Waals surface area contributed by atoms with Gasteiger partial charge in [-0.1, -0.05) is 34.1 Å². The molecule has 3 nitrogen and oxygen atoms in total. The maximum atomic E-state index is 11.8. The zero-order chi connectivity index (χ0) is 13.5. The van der Waals surface area contributed by atoms with Gasteiger partial charge in [-0.15, -0.1) is 4.72 Å². The average molecular weight is 258 g/mol. The lowest BCUT2D eigenvalue weighted by molar-refractivity contribution is 0.402. The van der Waals surface area contributed by atoms with Crippen LogP contribution in [0.3, 0.4) is 0 Å². The second-order valence-corrected chi connectivity index (χ2v) is 6.73. The summed E-state index contributed by atoms with van der Waals surface area (Å²) in [6, 6.07) is 2.26. The van der Waals surface area contributed by atoms with E-state index in [-0.39, 0.29) is 0 Å². The molecule has 0 bridgehead atoms. The molecule has 0 aliphatic carbocycles. The van der Waals surface area contributed by atoms with E-state index in [1.807, 2.05) is 20.8 Å². The van der Waals surface area contributed by atoms with Crippen molar-refractivity contribution in [1.29, 1.82) is 5.26 Å². The Labute approximate surface area is 109 Å². The molecular formula is C13H26N2OS. The summed E-state index contributed by atoms with van der Waals surface area (Å²) in [4.78, 5) is 0. The summed E-state index contributed by atoms with van der Waals surface area (Å²) in [5.41, 5.74) is -0.664. The van der Waals surface area contributed by atoms with Crippen molar-refractivity contribution >= 4 is 11.4 Å². The van der Waals surface area contributed by atoms with Crippen molar-refractivity contribution in [3.63, 3.8) is 0 Å². The molecule has 3 atom stereocenters. The maximum Gasteiger partial charge on any atom is 0.146 e. The van der Waals surface area contributed by atoms with Gasteiger partial charge in [0, 0.05) is 11.4 Å². The third-order valence-electron chi connectivity index (χ3n) is 2.90. The van der Waals surface area contributed by atoms with Gasteiger partial charge in [0.1, 0.15) is 11.3 Å². The van der Waals surface area contributed by atoms with Crippen molar-refractivity contribution in [2.24, 2.45) is 11.8 Å². The van der Waals surface area contributed by atoms with Gasteiger partial charge >= 0.3 is 0 Å². The van der Waals surface area contributed by atoms with Crippen LogP contribution in [0.25, 0.3) is 0 Å². The summed E-state index contributed by atoms with van der Waals surface area (Å²) < 4.78 is 14.8. The minimum Gasteiger partial charge on any atom is -0.598 e. The van der Waals surface area contributed by atoms with Crippen LogP contribution in [0.4, 0.5) is 0 Å². The first-order valence-electron chi connectivity index (χ1n) is 6.40. The topological polar surface area (TPSA) is 58.9 Å². The van der Waals surface area contributed by atoms with E-state index in [9.17, 15) is 9.81 Å². The minimum atomic E-state index is -1.11. The van der Waals surface area contributed by atoms with Gasteiger partial charge in [-0.3, -0.25) is 0 Å². The quantitative estimate of drug-likeness (QED) is 0.681. The number of nitriles is 1. The molecule has 0 radical (unpaired) electrons. The molecule has 0 heterocycles. The van der Waals surface area contributed by atoms with Crippen LogP contribution in [0.2, 0.25) is 0 Å². The Kier molecular flexibility index (Phi) is 7.85. The number of hydrogen-bond acceptors (Lipinski definition) is 3. The Morgan fingerprint density at radius 2 is 2.00 bits per heavy atom. The first kappa shape index (κ1) is 16.8. The molecule has 4 heteroatoms. The minimum absolute atomic E-state index is 0.376. The molecule has 0 amide bonds. The normalized spacial score (nSPS) is 18.5. The fourth-order valence-corrected chi connectivity index (χ4v) is 2.80. The van der Waals surface area contributed by atoms with Gasteiger partial charge in [0.2, 0.25) is 0 Å². The largest absolute Gasteiger partial charge is 0.598 e. The summed E-state index contributed by atoms with van der Waals surface area (Å²) in [6.07, 6.45) is 2.87. The van der Waals surface area contributed by atoms with Crippen LogP contribution < -0.4 is 4.72 Å². The highest BCUT2D eigenvalue weighted by atomic mass is 32.2. The van der Waals surface area contributed by atoms with E-state index < -0.39 is 16.9 Å². The highest BCUT2D eigenvalue weighted by molar-refractivity contribution is 7.89. The van der Waals surface area contributed by atoms with Gasteiger partial charge in [0.15, 0.2) is 0 Å². The number of nitrogens with one attached hydrogen (secondary N) is 1. The third-order valence-corrected chi connectivity index (χ3v) is 4.55. The van der Waals surface area contributed by atoms with Crippen LogP contribution in [-0.2, 0) is 11.4 Å². The molecule has 100 valence electrons. The molecule has 1 unspecified atom stereocenters. The number of rotatable bonds is 8. The highest BCUT2D eigenvalue weighted by Gasteiger charge is 2.30. The van der Waals surface area contributed by atoms with E-state index in [0.717, 1.165) is 19.3 Å². The highest BCUT2D eigenvalue weighted by Crippen LogP contribution is 2.19. The molecule has 0 spiro atoms. The summed E-state index contributed by atoms with van der Waals surface area (Å²) in [5, 5.41) is 9.21. The second-order valence-electron chi connectivity index (χ2n) is 5.50. The van der Waals surface area contributed by atoms with Gasteiger partial charge in [-0.25, -0.2) is 0 Å². The van der Waals surface area contributed by atoms with Crippen molar-refractivity contribution < 1.29 is 4.55 Å². The molecule has 0 aromatic heterocycles. The number of nitrogens with zero attached hydrogens (tertiary/aromatic N) is 1. The molecular weight excluding hydrogens is 232 g/mol. The molecule has 0 saturated heterocycles. The Morgan fingerprint density at radius 1 is 1.41 bits per heavy atom. The lowest BCUT2D eigenvalue weighted by Gasteiger charge is -2.25. The van der Waals surface area contributed by atoms with Crippen LogP contribution in [-0.4, -0.2) is 15.8 Å². The van der Waals surface area contributed by atoms with Gasteiger partial charge in [0.05, 0.1) is 6.07 Å². The molecule has 0 aliphatic heterocycles. The van der Waals surface area contributed by atoms with Crippen molar-refractivity contribution in [3.8, 4) is 6.07 Å². The zero-order valence-electron chi connectivity index (χ0n) is 11.7. The maximum absolute atomic E-state index is 11.8. The predicted octanol–water partition coefficient (Wildman–Crippen LogP) is 3.00. The molecule has 0 fully saturated rings. The SMILES string of the molecule is CC[C@@H](C)CC[C@@](C)(C#N)N[S+]([O-])CC(C)C. The molecule has 0 saturated carbocycles. The Bertz CT molecular complexity index is 252. The van der Waals surface area contributed by atoms with Gasteiger partial charge in [-0.05, 0) is 31.6 Å². The monoisotopic (exact) mass is 258 g/mol. The third kappa shape index (κ3) is 7.64. The van der Waals surface area contributed by atoms with Crippen LogP contribution in [0, 0.1) is 23.2 Å². The zero-order valence-corrected chi connectivity index (χ0v) is 12.6. The molecule has 0 aromatic rings. The lowest BCUT2D eigenvalue weighted by Crippen LogP contribution is -2.46. The van der Waals surface area contributed by atoms with E-state index in [2.05, 4.69) is 24.6 Å². The van der Waals surface area contributed by atoms with Crippen LogP contribution >= 0.6 is 0 Å². The van der Waals surface area contributed by atoms with Gasteiger partial charge < -0.3 is 4.55 Å². The first-order chi connectivity index (χ1) is 7.83. The van der Waals surface area contributed by atoms with E-state index in [1.54, 1.807) is 0 Å². The summed E-state index contributed by atoms with van der Waals surface area (Å²) in [6.45, 7) is 10.2. The van der Waals surface area contributed by atoms with Crippen molar-refractivity contribution in [3.05, 3.63) is 0 Å². The molecule has 0 aromatic carbocycles. The average Bonchev–Trinajstić information content (AvgIpc) is 2.24. The van der Waals surface area contributed by atoms with Crippen molar-refractivity contribution in [2.45, 2.75) is 59.4 Å². The second kappa shape index (κ2) is 7.97. The van der Waals surface area contributed by atoms with E-state index in [0.29, 0.717) is 17.6 Å². The van der Waals surface area contributed by atoms with E-state index in [4.69, 9.17) is 0 Å². The fourth-order valence-electron chi connectivity index (χ4n) is 1.46. The van der Waals surface area contributed by atoms with Crippen LogP contribution in [0.5, 0.6) is 0 Å². The lowest BCUT2D eigenvalue weighted by atomic mass is 9.92. The Morgan fingerprint density at radius 3 is 2.41 bits per heavy atom. The Hall–Kier alpha value is -0.240. The fraction of sp³-hybridized carbons (Fsp3) is 0.923. The summed E-state index contributed by atoms with van der Waals surface area (Å²) in [5.74, 6) is 1.59. The van der Waals surface area contributed by atoms with Gasteiger partial charge in [-0.2, -0.15) is 5.26 Å². The Balaban J connectivity index is 4.23.